The number of nitrogens with one attached hydrogen (secondary N) is 1. The van der Waals surface area contributed by atoms with Gasteiger partial charge in [-0.3, -0.25) is 4.79 Å². The number of amides is 1. The Hall–Kier alpha value is -1.26. The summed E-state index contributed by atoms with van der Waals surface area (Å²) >= 11 is 0. The molecule has 2 aliphatic rings. The van der Waals surface area contributed by atoms with Crippen LogP contribution in [0.5, 0.6) is 0 Å². The van der Waals surface area contributed by atoms with Crippen LogP contribution < -0.4 is 5.32 Å². The lowest BCUT2D eigenvalue weighted by atomic mass is 9.71. The van der Waals surface area contributed by atoms with Gasteiger partial charge in [-0.2, -0.15) is 0 Å². The number of carbonyl (C=O) groups excluding carboxylic acids is 1. The van der Waals surface area contributed by atoms with Gasteiger partial charge < -0.3 is 15.2 Å². The van der Waals surface area contributed by atoms with Crippen molar-refractivity contribution >= 4 is 12.1 Å². The van der Waals surface area contributed by atoms with Crippen molar-refractivity contribution in [1.29, 1.82) is 0 Å². The highest BCUT2D eigenvalue weighted by molar-refractivity contribution is 5.71. The predicted molar refractivity (Wildman–Crippen MR) is 65.1 cm³/mol. The van der Waals surface area contributed by atoms with Crippen molar-refractivity contribution in [3.63, 3.8) is 0 Å². The summed E-state index contributed by atoms with van der Waals surface area (Å²) in [5, 5.41) is 11.8. The van der Waals surface area contributed by atoms with Crippen molar-refractivity contribution in [3.05, 3.63) is 0 Å². The quantitative estimate of drug-likeness (QED) is 0.791. The molecule has 1 amide bonds. The van der Waals surface area contributed by atoms with Gasteiger partial charge in [0.15, 0.2) is 0 Å². The lowest BCUT2D eigenvalue weighted by molar-refractivity contribution is -0.141. The van der Waals surface area contributed by atoms with Gasteiger partial charge in [-0.1, -0.05) is 0 Å². The molecular formula is C13H21NO4. The number of alkyl carbamates (subject to hydrolysis) is 1. The van der Waals surface area contributed by atoms with E-state index in [-0.39, 0.29) is 12.0 Å². The first kappa shape index (κ1) is 13.2. The van der Waals surface area contributed by atoms with Crippen LogP contribution in [0.2, 0.25) is 0 Å². The molecule has 18 heavy (non-hydrogen) atoms. The van der Waals surface area contributed by atoms with Crippen LogP contribution in [0.1, 0.15) is 40.0 Å². The monoisotopic (exact) mass is 255 g/mol. The van der Waals surface area contributed by atoms with E-state index in [1.54, 1.807) is 0 Å². The molecule has 0 heterocycles. The zero-order valence-electron chi connectivity index (χ0n) is 11.1. The number of hydrogen-bond acceptors (Lipinski definition) is 3. The molecule has 0 bridgehead atoms. The maximum Gasteiger partial charge on any atom is 0.407 e. The van der Waals surface area contributed by atoms with E-state index in [0.29, 0.717) is 18.3 Å². The molecule has 5 heteroatoms. The number of rotatable bonds is 2. The number of aliphatic carboxylic acids is 1. The third kappa shape index (κ3) is 2.76. The fraction of sp³-hybridized carbons (Fsp3) is 0.846. The molecule has 0 aromatic rings. The Morgan fingerprint density at radius 3 is 2.44 bits per heavy atom. The van der Waals surface area contributed by atoms with Crippen molar-refractivity contribution in [1.82, 2.24) is 5.32 Å². The highest BCUT2D eigenvalue weighted by atomic mass is 16.6. The topological polar surface area (TPSA) is 75.6 Å². The average molecular weight is 255 g/mol. The third-order valence-corrected chi connectivity index (χ3v) is 3.87. The Bertz CT molecular complexity index is 360. The SMILES string of the molecule is CC(C)(C)OC(=O)N[C@@H]1C[C@@H]2CC(C(=O)O)C[C@@H]21. The number of carboxylic acid groups (broad SMARTS) is 1. The smallest absolute Gasteiger partial charge is 0.407 e. The Labute approximate surface area is 107 Å². The van der Waals surface area contributed by atoms with Gasteiger partial charge in [0, 0.05) is 6.04 Å². The summed E-state index contributed by atoms with van der Waals surface area (Å²) in [7, 11) is 0. The van der Waals surface area contributed by atoms with Crippen molar-refractivity contribution < 1.29 is 19.4 Å². The number of hydrogen-bond donors (Lipinski definition) is 2. The van der Waals surface area contributed by atoms with Crippen LogP contribution in [0, 0.1) is 17.8 Å². The lowest BCUT2D eigenvalue weighted by Gasteiger charge is -2.40. The maximum atomic E-state index is 11.6. The molecule has 1 unspecified atom stereocenters. The van der Waals surface area contributed by atoms with Crippen molar-refractivity contribution in [2.24, 2.45) is 17.8 Å². The van der Waals surface area contributed by atoms with Crippen LogP contribution in [0.4, 0.5) is 4.79 Å². The summed E-state index contributed by atoms with van der Waals surface area (Å²) in [4.78, 5) is 22.5. The van der Waals surface area contributed by atoms with Crippen LogP contribution in [0.15, 0.2) is 0 Å². The van der Waals surface area contributed by atoms with Crippen LogP contribution in [-0.2, 0) is 9.53 Å². The summed E-state index contributed by atoms with van der Waals surface area (Å²) < 4.78 is 5.20. The second-order valence-corrected chi connectivity index (χ2v) is 6.42. The summed E-state index contributed by atoms with van der Waals surface area (Å²) in [5.41, 5.74) is -0.494. The van der Waals surface area contributed by atoms with Gasteiger partial charge in [-0.25, -0.2) is 4.79 Å². The van der Waals surface area contributed by atoms with E-state index in [1.165, 1.54) is 0 Å². The first-order valence-corrected chi connectivity index (χ1v) is 6.48. The van der Waals surface area contributed by atoms with E-state index in [9.17, 15) is 9.59 Å². The lowest BCUT2D eigenvalue weighted by Crippen LogP contribution is -2.51. The van der Waals surface area contributed by atoms with E-state index in [1.807, 2.05) is 20.8 Å². The minimum atomic E-state index is -0.708. The second kappa shape index (κ2) is 4.44. The normalized spacial score (nSPS) is 34.4. The highest BCUT2D eigenvalue weighted by Crippen LogP contribution is 2.49. The summed E-state index contributed by atoms with van der Waals surface area (Å²) in [6, 6.07) is 0.0919. The van der Waals surface area contributed by atoms with Crippen LogP contribution in [-0.4, -0.2) is 28.8 Å². The zero-order valence-corrected chi connectivity index (χ0v) is 11.1. The zero-order chi connectivity index (χ0) is 13.5. The van der Waals surface area contributed by atoms with E-state index in [4.69, 9.17) is 9.84 Å². The molecule has 2 N–H and O–H groups in total. The number of carbonyl (C=O) groups is 2. The highest BCUT2D eigenvalue weighted by Gasteiger charge is 2.50. The Kier molecular flexibility index (Phi) is 3.25. The Morgan fingerprint density at radius 1 is 1.22 bits per heavy atom. The third-order valence-electron chi connectivity index (χ3n) is 3.87. The Morgan fingerprint density at radius 2 is 1.89 bits per heavy atom. The molecule has 0 aliphatic heterocycles. The summed E-state index contributed by atoms with van der Waals surface area (Å²) in [6.07, 6.45) is 1.92. The fourth-order valence-electron chi connectivity index (χ4n) is 3.05. The van der Waals surface area contributed by atoms with Crippen LogP contribution >= 0.6 is 0 Å². The molecule has 0 spiro atoms. The predicted octanol–water partition coefficient (Wildman–Crippen LogP) is 2.01. The molecule has 0 saturated heterocycles. The van der Waals surface area contributed by atoms with Gasteiger partial charge in [0.05, 0.1) is 5.92 Å². The van der Waals surface area contributed by atoms with Gasteiger partial charge in [-0.05, 0) is 51.9 Å². The molecule has 2 fully saturated rings. The molecule has 0 aromatic heterocycles. The number of ether oxygens (including phenoxy) is 1. The summed E-state index contributed by atoms with van der Waals surface area (Å²) in [6.45, 7) is 5.48. The molecule has 2 rings (SSSR count). The number of carboxylic acids is 1. The Balaban J connectivity index is 1.81. The molecule has 5 nitrogen and oxygen atoms in total. The van der Waals surface area contributed by atoms with E-state index in [2.05, 4.69) is 5.32 Å². The van der Waals surface area contributed by atoms with Gasteiger partial charge in [0.1, 0.15) is 5.60 Å². The van der Waals surface area contributed by atoms with E-state index >= 15 is 0 Å². The molecule has 4 atom stereocenters. The van der Waals surface area contributed by atoms with E-state index in [0.717, 1.165) is 12.8 Å². The second-order valence-electron chi connectivity index (χ2n) is 6.42. The van der Waals surface area contributed by atoms with Crippen molar-refractivity contribution in [2.45, 2.75) is 51.7 Å². The molecule has 2 aliphatic carbocycles. The summed E-state index contributed by atoms with van der Waals surface area (Å²) in [5.74, 6) is -0.157. The average Bonchev–Trinajstić information content (AvgIpc) is 2.50. The van der Waals surface area contributed by atoms with Crippen molar-refractivity contribution in [2.75, 3.05) is 0 Å². The molecule has 0 radical (unpaired) electrons. The largest absolute Gasteiger partial charge is 0.481 e. The van der Waals surface area contributed by atoms with Crippen molar-refractivity contribution in [3.8, 4) is 0 Å². The van der Waals surface area contributed by atoms with Crippen LogP contribution in [0.25, 0.3) is 0 Å². The molecular weight excluding hydrogens is 234 g/mol. The first-order valence-electron chi connectivity index (χ1n) is 6.48. The minimum Gasteiger partial charge on any atom is -0.481 e. The number of fused-ring (bicyclic) bond motifs is 1. The first-order chi connectivity index (χ1) is 8.26. The van der Waals surface area contributed by atoms with Gasteiger partial charge in [0.25, 0.3) is 0 Å². The standard InChI is InChI=1S/C13H21NO4/c1-13(2,3)18-12(17)14-10-6-7-4-8(11(15)16)5-9(7)10/h7-10H,4-6H2,1-3H3,(H,14,17)(H,15,16)/t7-,8?,9-,10+/m0/s1. The van der Waals surface area contributed by atoms with E-state index < -0.39 is 17.7 Å². The van der Waals surface area contributed by atoms with Crippen LogP contribution in [0.3, 0.4) is 0 Å². The van der Waals surface area contributed by atoms with Gasteiger partial charge >= 0.3 is 12.1 Å². The maximum absolute atomic E-state index is 11.6. The molecule has 102 valence electrons. The minimum absolute atomic E-state index is 0.0919. The fourth-order valence-corrected chi connectivity index (χ4v) is 3.05. The molecule has 0 aromatic carbocycles. The van der Waals surface area contributed by atoms with Gasteiger partial charge in [-0.15, -0.1) is 0 Å². The van der Waals surface area contributed by atoms with Gasteiger partial charge in [0.2, 0.25) is 0 Å². The molecule has 2 saturated carbocycles.